The average Bonchev–Trinajstić information content (AvgIpc) is 3.40. The van der Waals surface area contributed by atoms with Crippen molar-refractivity contribution in [1.82, 2.24) is 10.2 Å². The maximum Gasteiger partial charge on any atom is 0.317 e. The molecular formula is C20H26N4O2. The molecule has 4 rings (SSSR count). The van der Waals surface area contributed by atoms with Crippen molar-refractivity contribution in [1.29, 1.82) is 0 Å². The Morgan fingerprint density at radius 1 is 0.885 bits per heavy atom. The molecule has 1 N–H and O–H groups in total. The molecule has 6 nitrogen and oxygen atoms in total. The molecule has 3 heterocycles. The third-order valence-electron chi connectivity index (χ3n) is 5.25. The molecule has 2 saturated heterocycles. The highest BCUT2D eigenvalue weighted by molar-refractivity contribution is 5.74. The van der Waals surface area contributed by atoms with Gasteiger partial charge in [-0.3, -0.25) is 0 Å². The number of hydrogen-bond donors (Lipinski definition) is 1. The number of urea groups is 1. The number of benzene rings is 1. The SMILES string of the molecule is O=C(NCc1ccco1)N1CCN(c2ccc(N3CCCC3)cc2)CC1. The molecule has 0 saturated carbocycles. The molecule has 2 aliphatic rings. The fraction of sp³-hybridized carbons (Fsp3) is 0.450. The second-order valence-corrected chi connectivity index (χ2v) is 6.92. The van der Waals surface area contributed by atoms with E-state index in [1.54, 1.807) is 6.26 Å². The molecule has 138 valence electrons. The summed E-state index contributed by atoms with van der Waals surface area (Å²) in [6, 6.07) is 12.5. The molecule has 1 aromatic carbocycles. The standard InChI is InChI=1S/C20H26N4O2/c25-20(21-16-19-4-3-15-26-19)24-13-11-23(12-14-24)18-7-5-17(6-8-18)22-9-1-2-10-22/h3-8,15H,1-2,9-14,16H2,(H,21,25). The van der Waals surface area contributed by atoms with Crippen molar-refractivity contribution in [2.45, 2.75) is 19.4 Å². The Bertz CT molecular complexity index is 700. The van der Waals surface area contributed by atoms with Crippen LogP contribution in [0.3, 0.4) is 0 Å². The monoisotopic (exact) mass is 354 g/mol. The molecule has 0 bridgehead atoms. The Morgan fingerprint density at radius 2 is 1.50 bits per heavy atom. The number of furan rings is 1. The van der Waals surface area contributed by atoms with Gasteiger partial charge in [0, 0.05) is 50.6 Å². The lowest BCUT2D eigenvalue weighted by Gasteiger charge is -2.36. The van der Waals surface area contributed by atoms with Gasteiger partial charge in [-0.15, -0.1) is 0 Å². The van der Waals surface area contributed by atoms with Crippen LogP contribution in [0.1, 0.15) is 18.6 Å². The minimum atomic E-state index is -0.0227. The van der Waals surface area contributed by atoms with Gasteiger partial charge in [0.15, 0.2) is 0 Å². The molecule has 0 unspecified atom stereocenters. The van der Waals surface area contributed by atoms with Crippen LogP contribution in [-0.4, -0.2) is 50.2 Å². The molecular weight excluding hydrogens is 328 g/mol. The van der Waals surface area contributed by atoms with Crippen LogP contribution < -0.4 is 15.1 Å². The van der Waals surface area contributed by atoms with E-state index >= 15 is 0 Å². The first-order valence-electron chi connectivity index (χ1n) is 9.45. The molecule has 1 aromatic heterocycles. The molecule has 2 fully saturated rings. The Balaban J connectivity index is 1.27. The molecule has 2 aromatic rings. The lowest BCUT2D eigenvalue weighted by Crippen LogP contribution is -2.51. The summed E-state index contributed by atoms with van der Waals surface area (Å²) >= 11 is 0. The normalized spacial score (nSPS) is 17.6. The third kappa shape index (κ3) is 3.79. The van der Waals surface area contributed by atoms with E-state index in [0.29, 0.717) is 6.54 Å². The number of hydrogen-bond acceptors (Lipinski definition) is 4. The number of anilines is 2. The summed E-state index contributed by atoms with van der Waals surface area (Å²) < 4.78 is 5.25. The fourth-order valence-corrected chi connectivity index (χ4v) is 3.71. The zero-order valence-electron chi connectivity index (χ0n) is 15.1. The van der Waals surface area contributed by atoms with E-state index in [0.717, 1.165) is 31.9 Å². The van der Waals surface area contributed by atoms with Crippen LogP contribution in [0, 0.1) is 0 Å². The van der Waals surface area contributed by atoms with Crippen molar-refractivity contribution < 1.29 is 9.21 Å². The van der Waals surface area contributed by atoms with Crippen molar-refractivity contribution in [3.05, 3.63) is 48.4 Å². The Labute approximate surface area is 154 Å². The van der Waals surface area contributed by atoms with Gasteiger partial charge in [-0.25, -0.2) is 4.79 Å². The molecule has 0 spiro atoms. The van der Waals surface area contributed by atoms with Crippen molar-refractivity contribution in [2.75, 3.05) is 49.1 Å². The van der Waals surface area contributed by atoms with Gasteiger partial charge < -0.3 is 24.4 Å². The number of nitrogens with zero attached hydrogens (tertiary/aromatic N) is 3. The Morgan fingerprint density at radius 3 is 2.08 bits per heavy atom. The minimum Gasteiger partial charge on any atom is -0.467 e. The number of rotatable bonds is 4. The van der Waals surface area contributed by atoms with E-state index in [-0.39, 0.29) is 6.03 Å². The van der Waals surface area contributed by atoms with Gasteiger partial charge in [-0.05, 0) is 49.2 Å². The highest BCUT2D eigenvalue weighted by atomic mass is 16.3. The maximum absolute atomic E-state index is 12.3. The smallest absolute Gasteiger partial charge is 0.317 e. The second-order valence-electron chi connectivity index (χ2n) is 6.92. The summed E-state index contributed by atoms with van der Waals surface area (Å²) in [5.74, 6) is 0.773. The molecule has 26 heavy (non-hydrogen) atoms. The molecule has 0 atom stereocenters. The number of amides is 2. The summed E-state index contributed by atoms with van der Waals surface area (Å²) in [5, 5.41) is 2.92. The van der Waals surface area contributed by atoms with Gasteiger partial charge in [0.05, 0.1) is 12.8 Å². The van der Waals surface area contributed by atoms with E-state index in [1.165, 1.54) is 37.3 Å². The highest BCUT2D eigenvalue weighted by Gasteiger charge is 2.21. The lowest BCUT2D eigenvalue weighted by atomic mass is 10.2. The van der Waals surface area contributed by atoms with Crippen LogP contribution in [0.4, 0.5) is 16.2 Å². The first kappa shape index (κ1) is 16.8. The Hall–Kier alpha value is -2.63. The summed E-state index contributed by atoms with van der Waals surface area (Å²) in [7, 11) is 0. The van der Waals surface area contributed by atoms with Crippen molar-refractivity contribution in [3.63, 3.8) is 0 Å². The van der Waals surface area contributed by atoms with Gasteiger partial charge in [0.2, 0.25) is 0 Å². The average molecular weight is 354 g/mol. The second kappa shape index (κ2) is 7.72. The number of piperazine rings is 1. The summed E-state index contributed by atoms with van der Waals surface area (Å²) in [4.78, 5) is 19.0. The first-order chi connectivity index (χ1) is 12.8. The van der Waals surface area contributed by atoms with Crippen LogP contribution in [0.2, 0.25) is 0 Å². The number of carbonyl (C=O) groups excluding carboxylic acids is 1. The largest absolute Gasteiger partial charge is 0.467 e. The first-order valence-corrected chi connectivity index (χ1v) is 9.45. The van der Waals surface area contributed by atoms with Crippen LogP contribution in [0.25, 0.3) is 0 Å². The van der Waals surface area contributed by atoms with Gasteiger partial charge in [0.1, 0.15) is 5.76 Å². The highest BCUT2D eigenvalue weighted by Crippen LogP contribution is 2.24. The molecule has 0 radical (unpaired) electrons. The fourth-order valence-electron chi connectivity index (χ4n) is 3.71. The van der Waals surface area contributed by atoms with E-state index in [9.17, 15) is 4.79 Å². The number of carbonyl (C=O) groups is 1. The van der Waals surface area contributed by atoms with E-state index in [1.807, 2.05) is 17.0 Å². The summed E-state index contributed by atoms with van der Waals surface area (Å²) in [6.45, 7) is 5.96. The minimum absolute atomic E-state index is 0.0227. The molecule has 0 aliphatic carbocycles. The third-order valence-corrected chi connectivity index (χ3v) is 5.25. The molecule has 2 aliphatic heterocycles. The van der Waals surface area contributed by atoms with Gasteiger partial charge in [0.25, 0.3) is 0 Å². The zero-order chi connectivity index (χ0) is 17.8. The number of nitrogens with one attached hydrogen (secondary N) is 1. The maximum atomic E-state index is 12.3. The van der Waals surface area contributed by atoms with Gasteiger partial charge >= 0.3 is 6.03 Å². The van der Waals surface area contributed by atoms with E-state index in [2.05, 4.69) is 39.4 Å². The summed E-state index contributed by atoms with van der Waals surface area (Å²) in [5.41, 5.74) is 2.56. The van der Waals surface area contributed by atoms with Gasteiger partial charge in [-0.1, -0.05) is 0 Å². The van der Waals surface area contributed by atoms with Crippen LogP contribution in [0.5, 0.6) is 0 Å². The predicted molar refractivity (Wildman–Crippen MR) is 103 cm³/mol. The van der Waals surface area contributed by atoms with Crippen LogP contribution in [0.15, 0.2) is 47.1 Å². The van der Waals surface area contributed by atoms with Crippen molar-refractivity contribution >= 4 is 17.4 Å². The van der Waals surface area contributed by atoms with Crippen LogP contribution >= 0.6 is 0 Å². The Kier molecular flexibility index (Phi) is 5.00. The van der Waals surface area contributed by atoms with Crippen LogP contribution in [-0.2, 0) is 6.54 Å². The predicted octanol–water partition coefficient (Wildman–Crippen LogP) is 2.91. The van der Waals surface area contributed by atoms with Crippen molar-refractivity contribution in [2.24, 2.45) is 0 Å². The zero-order valence-corrected chi connectivity index (χ0v) is 15.1. The van der Waals surface area contributed by atoms with Crippen molar-refractivity contribution in [3.8, 4) is 0 Å². The quantitative estimate of drug-likeness (QED) is 0.917. The molecule has 6 heteroatoms. The topological polar surface area (TPSA) is 52.0 Å². The lowest BCUT2D eigenvalue weighted by molar-refractivity contribution is 0.193. The summed E-state index contributed by atoms with van der Waals surface area (Å²) in [6.07, 6.45) is 4.21. The molecule has 2 amide bonds. The van der Waals surface area contributed by atoms with E-state index < -0.39 is 0 Å². The van der Waals surface area contributed by atoms with Gasteiger partial charge in [-0.2, -0.15) is 0 Å². The van der Waals surface area contributed by atoms with E-state index in [4.69, 9.17) is 4.42 Å².